The number of rotatable bonds is 0. The highest BCUT2D eigenvalue weighted by Gasteiger charge is 2.98. The average molecular weight is 294 g/mol. The molecule has 1 N–H and O–H groups in total. The molecule has 3 heterocycles. The van der Waals surface area contributed by atoms with Crippen molar-refractivity contribution in [3.8, 4) is 0 Å². The molecule has 5 fully saturated rings. The zero-order valence-corrected chi connectivity index (χ0v) is 12.3. The first-order chi connectivity index (χ1) is 9.70. The van der Waals surface area contributed by atoms with Gasteiger partial charge in [0.05, 0.1) is 29.5 Å². The average Bonchev–Trinajstić information content (AvgIpc) is 2.69. The number of hydrogen-bond acceptors (Lipinski definition) is 6. The number of fused-ring (bicyclic) bond motifs is 2. The van der Waals surface area contributed by atoms with E-state index in [4.69, 9.17) is 14.2 Å². The Labute approximate surface area is 121 Å². The maximum Gasteiger partial charge on any atom is 0.315 e. The fourth-order valence-corrected chi connectivity index (χ4v) is 6.24. The van der Waals surface area contributed by atoms with Crippen LogP contribution in [0.25, 0.3) is 0 Å². The number of esters is 2. The van der Waals surface area contributed by atoms with Gasteiger partial charge in [-0.25, -0.2) is 0 Å². The van der Waals surface area contributed by atoms with E-state index >= 15 is 0 Å². The molecule has 2 aliphatic carbocycles. The fourth-order valence-electron chi connectivity index (χ4n) is 6.24. The monoisotopic (exact) mass is 294 g/mol. The normalized spacial score (nSPS) is 66.3. The van der Waals surface area contributed by atoms with Crippen molar-refractivity contribution < 1.29 is 28.9 Å². The van der Waals surface area contributed by atoms with E-state index < -0.39 is 39.5 Å². The summed E-state index contributed by atoms with van der Waals surface area (Å²) in [7, 11) is 0. The lowest BCUT2D eigenvalue weighted by molar-refractivity contribution is -0.175. The SMILES string of the molecule is C[C@@]12COC(=O)[C@]1(C)[C@H](O)[C@@]13CC(=O)O[C@@]21CC1O[C@@]13C. The van der Waals surface area contributed by atoms with Gasteiger partial charge in [-0.2, -0.15) is 0 Å². The van der Waals surface area contributed by atoms with Gasteiger partial charge in [-0.3, -0.25) is 9.59 Å². The second kappa shape index (κ2) is 2.74. The maximum absolute atomic E-state index is 12.4. The van der Waals surface area contributed by atoms with Crippen LogP contribution >= 0.6 is 0 Å². The van der Waals surface area contributed by atoms with Crippen LogP contribution in [0.2, 0.25) is 0 Å². The molecule has 0 bridgehead atoms. The van der Waals surface area contributed by atoms with E-state index in [1.165, 1.54) is 0 Å². The van der Waals surface area contributed by atoms with Crippen molar-refractivity contribution in [3.05, 3.63) is 0 Å². The van der Waals surface area contributed by atoms with Crippen LogP contribution < -0.4 is 0 Å². The summed E-state index contributed by atoms with van der Waals surface area (Å²) < 4.78 is 17.0. The molecule has 2 saturated carbocycles. The van der Waals surface area contributed by atoms with Gasteiger partial charge >= 0.3 is 11.9 Å². The maximum atomic E-state index is 12.4. The van der Waals surface area contributed by atoms with Gasteiger partial charge in [0, 0.05) is 6.42 Å². The summed E-state index contributed by atoms with van der Waals surface area (Å²) in [5, 5.41) is 11.2. The summed E-state index contributed by atoms with van der Waals surface area (Å²) >= 11 is 0. The van der Waals surface area contributed by atoms with Crippen LogP contribution in [0.5, 0.6) is 0 Å². The Bertz CT molecular complexity index is 632. The molecule has 21 heavy (non-hydrogen) atoms. The second-order valence-corrected chi connectivity index (χ2v) is 7.88. The van der Waals surface area contributed by atoms with Gasteiger partial charge in [0.15, 0.2) is 0 Å². The third-order valence-corrected chi connectivity index (χ3v) is 7.70. The van der Waals surface area contributed by atoms with E-state index in [9.17, 15) is 14.7 Å². The van der Waals surface area contributed by atoms with E-state index in [1.807, 2.05) is 13.8 Å². The first kappa shape index (κ1) is 12.4. The van der Waals surface area contributed by atoms with Crippen molar-refractivity contribution in [2.75, 3.05) is 6.61 Å². The highest BCUT2D eigenvalue weighted by atomic mass is 16.6. The third kappa shape index (κ3) is 0.781. The van der Waals surface area contributed by atoms with Gasteiger partial charge in [-0.1, -0.05) is 6.92 Å². The highest BCUT2D eigenvalue weighted by Crippen LogP contribution is 2.84. The number of ether oxygens (including phenoxy) is 3. The van der Waals surface area contributed by atoms with Gasteiger partial charge in [-0.05, 0) is 13.8 Å². The van der Waals surface area contributed by atoms with E-state index in [2.05, 4.69) is 0 Å². The molecule has 0 aromatic rings. The Morgan fingerprint density at radius 1 is 1.24 bits per heavy atom. The molecule has 5 rings (SSSR count). The Morgan fingerprint density at radius 2 is 1.95 bits per heavy atom. The van der Waals surface area contributed by atoms with Crippen LogP contribution in [0.4, 0.5) is 0 Å². The summed E-state index contributed by atoms with van der Waals surface area (Å²) in [4.78, 5) is 24.5. The van der Waals surface area contributed by atoms with E-state index in [0.717, 1.165) is 0 Å². The van der Waals surface area contributed by atoms with Gasteiger partial charge in [0.25, 0.3) is 0 Å². The van der Waals surface area contributed by atoms with Crippen LogP contribution in [-0.2, 0) is 23.8 Å². The number of hydrogen-bond donors (Lipinski definition) is 1. The van der Waals surface area contributed by atoms with Crippen LogP contribution in [0, 0.1) is 16.2 Å². The molecule has 7 atom stereocenters. The molecule has 3 saturated heterocycles. The van der Waals surface area contributed by atoms with E-state index in [1.54, 1.807) is 6.92 Å². The van der Waals surface area contributed by atoms with Crippen molar-refractivity contribution in [2.45, 2.75) is 57.0 Å². The number of cyclic esters (lactones) is 1. The number of carbonyl (C=O) groups is 2. The Balaban J connectivity index is 1.85. The largest absolute Gasteiger partial charge is 0.464 e. The van der Waals surface area contributed by atoms with Gasteiger partial charge < -0.3 is 19.3 Å². The van der Waals surface area contributed by atoms with Crippen molar-refractivity contribution in [2.24, 2.45) is 16.2 Å². The lowest BCUT2D eigenvalue weighted by Gasteiger charge is -2.44. The van der Waals surface area contributed by atoms with Crippen LogP contribution in [0.15, 0.2) is 0 Å². The molecule has 0 amide bonds. The Hall–Kier alpha value is -1.14. The Morgan fingerprint density at radius 3 is 2.67 bits per heavy atom. The van der Waals surface area contributed by atoms with Crippen molar-refractivity contribution in [3.63, 3.8) is 0 Å². The number of carbonyl (C=O) groups excluding carboxylic acids is 2. The lowest BCUT2D eigenvalue weighted by Crippen LogP contribution is -2.56. The highest BCUT2D eigenvalue weighted by molar-refractivity contribution is 5.86. The van der Waals surface area contributed by atoms with Gasteiger partial charge in [-0.15, -0.1) is 0 Å². The van der Waals surface area contributed by atoms with Gasteiger partial charge in [0.2, 0.25) is 0 Å². The molecular weight excluding hydrogens is 276 g/mol. The predicted molar refractivity (Wildman–Crippen MR) is 66.9 cm³/mol. The fraction of sp³-hybridized carbons (Fsp3) is 0.867. The smallest absolute Gasteiger partial charge is 0.315 e. The minimum atomic E-state index is -1.06. The first-order valence-electron chi connectivity index (χ1n) is 7.45. The van der Waals surface area contributed by atoms with Gasteiger partial charge in [0.1, 0.15) is 23.2 Å². The molecule has 0 aromatic carbocycles. The number of aliphatic hydroxyl groups excluding tert-OH is 1. The van der Waals surface area contributed by atoms with Crippen molar-refractivity contribution in [1.29, 1.82) is 0 Å². The summed E-state index contributed by atoms with van der Waals surface area (Å²) in [6, 6.07) is 0. The zero-order chi connectivity index (χ0) is 15.1. The van der Waals surface area contributed by atoms with Crippen LogP contribution in [-0.4, -0.2) is 47.1 Å². The second-order valence-electron chi connectivity index (χ2n) is 7.88. The summed E-state index contributed by atoms with van der Waals surface area (Å²) in [6.45, 7) is 5.77. The topological polar surface area (TPSA) is 85.4 Å². The number of aliphatic hydroxyl groups is 1. The Kier molecular flexibility index (Phi) is 1.62. The minimum Gasteiger partial charge on any atom is -0.464 e. The first-order valence-corrected chi connectivity index (χ1v) is 7.45. The standard InChI is InChI=1S/C15H18O6/c1-11-6-19-10(18)12(11,2)9(17)14-5-8(16)21-15(11,14)4-7-13(14,3)20-7/h7,9,17H,4-6H2,1-3H3/t7?,9-,11+,12-,13-,14+,15-/m0/s1. The summed E-state index contributed by atoms with van der Waals surface area (Å²) in [5.74, 6) is -0.712. The van der Waals surface area contributed by atoms with Crippen LogP contribution in [0.3, 0.4) is 0 Å². The minimum absolute atomic E-state index is 0.0164. The third-order valence-electron chi connectivity index (χ3n) is 7.70. The molecule has 0 radical (unpaired) electrons. The quantitative estimate of drug-likeness (QED) is 0.506. The number of epoxide rings is 1. The molecule has 0 aromatic heterocycles. The molecule has 6 heteroatoms. The van der Waals surface area contributed by atoms with E-state index in [-0.39, 0.29) is 25.1 Å². The van der Waals surface area contributed by atoms with Crippen molar-refractivity contribution >= 4 is 11.9 Å². The van der Waals surface area contributed by atoms with Crippen LogP contribution in [0.1, 0.15) is 33.6 Å². The molecule has 0 spiro atoms. The lowest BCUT2D eigenvalue weighted by atomic mass is 9.62. The zero-order valence-electron chi connectivity index (χ0n) is 12.3. The molecule has 5 aliphatic rings. The predicted octanol–water partition coefficient (Wildman–Crippen LogP) is 0.164. The molecule has 3 aliphatic heterocycles. The molecule has 114 valence electrons. The summed E-state index contributed by atoms with van der Waals surface area (Å²) in [5.41, 5.74) is -4.08. The summed E-state index contributed by atoms with van der Waals surface area (Å²) in [6.07, 6.45) is -0.374. The molecule has 6 nitrogen and oxygen atoms in total. The van der Waals surface area contributed by atoms with E-state index in [0.29, 0.717) is 6.42 Å². The van der Waals surface area contributed by atoms with Crippen molar-refractivity contribution in [1.82, 2.24) is 0 Å². The molecular formula is C15H18O6. The molecule has 1 unspecified atom stereocenters.